The first-order chi connectivity index (χ1) is 8.47. The third-order valence-electron chi connectivity index (χ3n) is 2.45. The lowest BCUT2D eigenvalue weighted by atomic mass is 10.2. The van der Waals surface area contributed by atoms with E-state index >= 15 is 0 Å². The molecule has 2 rings (SSSR count). The van der Waals surface area contributed by atoms with E-state index in [1.807, 2.05) is 20.8 Å². The lowest BCUT2D eigenvalue weighted by Crippen LogP contribution is -2.11. The first-order valence-corrected chi connectivity index (χ1v) is 6.27. The van der Waals surface area contributed by atoms with Gasteiger partial charge in [0, 0.05) is 4.88 Å². The minimum Gasteiger partial charge on any atom is -0.368 e. The second kappa shape index (κ2) is 4.85. The van der Waals surface area contributed by atoms with Crippen LogP contribution in [0, 0.1) is 19.7 Å². The number of aromatic nitrogens is 3. The maximum absolute atomic E-state index is 13.5. The van der Waals surface area contributed by atoms with E-state index in [2.05, 4.69) is 20.3 Å². The van der Waals surface area contributed by atoms with Crippen molar-refractivity contribution >= 4 is 23.1 Å². The van der Waals surface area contributed by atoms with Crippen LogP contribution in [-0.4, -0.2) is 15.0 Å². The Morgan fingerprint density at radius 3 is 2.72 bits per heavy atom. The Kier molecular flexibility index (Phi) is 3.42. The van der Waals surface area contributed by atoms with Gasteiger partial charge in [-0.25, -0.2) is 14.4 Å². The first-order valence-electron chi connectivity index (χ1n) is 5.46. The molecule has 2 aromatic heterocycles. The molecule has 0 bridgehead atoms. The molecule has 2 aromatic rings. The van der Waals surface area contributed by atoms with Gasteiger partial charge in [0.2, 0.25) is 5.95 Å². The molecule has 2 heterocycles. The molecule has 0 saturated heterocycles. The van der Waals surface area contributed by atoms with Crippen molar-refractivity contribution in [3.8, 4) is 0 Å². The molecule has 0 radical (unpaired) electrons. The van der Waals surface area contributed by atoms with Crippen molar-refractivity contribution in [1.82, 2.24) is 15.0 Å². The van der Waals surface area contributed by atoms with Gasteiger partial charge in [0.1, 0.15) is 0 Å². The summed E-state index contributed by atoms with van der Waals surface area (Å²) < 4.78 is 13.5. The molecular weight excluding hydrogens is 253 g/mol. The highest BCUT2D eigenvalue weighted by Gasteiger charge is 2.15. The minimum absolute atomic E-state index is 0.0447. The molecule has 0 aliphatic heterocycles. The molecule has 18 heavy (non-hydrogen) atoms. The summed E-state index contributed by atoms with van der Waals surface area (Å²) in [4.78, 5) is 12.8. The van der Waals surface area contributed by atoms with Crippen molar-refractivity contribution < 1.29 is 4.39 Å². The van der Waals surface area contributed by atoms with Gasteiger partial charge in [0.25, 0.3) is 0 Å². The molecule has 0 spiro atoms. The molecule has 1 unspecified atom stereocenters. The summed E-state index contributed by atoms with van der Waals surface area (Å²) in [5, 5.41) is 3.97. The molecule has 5 nitrogen and oxygen atoms in total. The molecule has 0 fully saturated rings. The maximum Gasteiger partial charge on any atom is 0.222 e. The maximum atomic E-state index is 13.5. The summed E-state index contributed by atoms with van der Waals surface area (Å²) in [6.45, 7) is 5.80. The van der Waals surface area contributed by atoms with Gasteiger partial charge in [-0.3, -0.25) is 0 Å². The van der Waals surface area contributed by atoms with E-state index < -0.39 is 5.82 Å². The number of anilines is 2. The minimum atomic E-state index is -0.519. The van der Waals surface area contributed by atoms with Crippen molar-refractivity contribution in [2.75, 3.05) is 11.1 Å². The van der Waals surface area contributed by atoms with Crippen LogP contribution in [-0.2, 0) is 0 Å². The van der Waals surface area contributed by atoms with Crippen LogP contribution in [0.2, 0.25) is 0 Å². The number of aryl methyl sites for hydroxylation is 2. The number of thiazole rings is 1. The quantitative estimate of drug-likeness (QED) is 0.893. The van der Waals surface area contributed by atoms with Crippen LogP contribution in [0.5, 0.6) is 0 Å². The van der Waals surface area contributed by atoms with Crippen molar-refractivity contribution in [2.24, 2.45) is 0 Å². The fourth-order valence-corrected chi connectivity index (χ4v) is 2.63. The lowest BCUT2D eigenvalue weighted by molar-refractivity contribution is 0.615. The fourth-order valence-electron chi connectivity index (χ4n) is 1.70. The van der Waals surface area contributed by atoms with Crippen molar-refractivity contribution in [3.05, 3.63) is 27.6 Å². The predicted octanol–water partition coefficient (Wildman–Crippen LogP) is 2.44. The molecule has 7 heteroatoms. The molecule has 96 valence electrons. The van der Waals surface area contributed by atoms with E-state index in [4.69, 9.17) is 5.73 Å². The van der Waals surface area contributed by atoms with Crippen LogP contribution >= 0.6 is 11.3 Å². The molecular formula is C11H14FN5S. The van der Waals surface area contributed by atoms with Crippen molar-refractivity contribution in [2.45, 2.75) is 26.8 Å². The Hall–Kier alpha value is -1.76. The number of nitrogens with zero attached hydrogens (tertiary/aromatic N) is 3. The first kappa shape index (κ1) is 12.7. The van der Waals surface area contributed by atoms with Crippen molar-refractivity contribution in [3.63, 3.8) is 0 Å². The van der Waals surface area contributed by atoms with Gasteiger partial charge >= 0.3 is 0 Å². The van der Waals surface area contributed by atoms with Gasteiger partial charge in [-0.15, -0.1) is 11.3 Å². The van der Waals surface area contributed by atoms with Crippen LogP contribution in [0.3, 0.4) is 0 Å². The highest BCUT2D eigenvalue weighted by Crippen LogP contribution is 2.27. The number of nitrogens with two attached hydrogens (primary N) is 1. The second-order valence-electron chi connectivity index (χ2n) is 3.97. The molecule has 0 amide bonds. The number of rotatable bonds is 3. The van der Waals surface area contributed by atoms with Gasteiger partial charge < -0.3 is 11.1 Å². The monoisotopic (exact) mass is 267 g/mol. The summed E-state index contributed by atoms with van der Waals surface area (Å²) in [6.07, 6.45) is 1.06. The van der Waals surface area contributed by atoms with Crippen LogP contribution in [0.1, 0.15) is 28.5 Å². The average Bonchev–Trinajstić information content (AvgIpc) is 2.63. The molecule has 0 saturated carbocycles. The van der Waals surface area contributed by atoms with E-state index in [1.165, 1.54) is 0 Å². The summed E-state index contributed by atoms with van der Waals surface area (Å²) in [7, 11) is 0. The van der Waals surface area contributed by atoms with E-state index in [0.29, 0.717) is 0 Å². The summed E-state index contributed by atoms with van der Waals surface area (Å²) >= 11 is 1.58. The highest BCUT2D eigenvalue weighted by molar-refractivity contribution is 7.11. The lowest BCUT2D eigenvalue weighted by Gasteiger charge is -2.14. The van der Waals surface area contributed by atoms with Crippen LogP contribution in [0.25, 0.3) is 0 Å². The standard InChI is InChI=1S/C11H14FN5S/c1-5-9(18-7(3)15-5)6(2)16-10-8(12)4-14-11(13)17-10/h4,6H,1-3H3,(H3,13,14,16,17). The highest BCUT2D eigenvalue weighted by atomic mass is 32.1. The van der Waals surface area contributed by atoms with Crippen LogP contribution in [0.4, 0.5) is 16.2 Å². The molecule has 3 N–H and O–H groups in total. The second-order valence-corrected chi connectivity index (χ2v) is 5.21. The smallest absolute Gasteiger partial charge is 0.222 e. The fraction of sp³-hybridized carbons (Fsp3) is 0.364. The van der Waals surface area contributed by atoms with E-state index in [1.54, 1.807) is 11.3 Å². The number of nitrogens with one attached hydrogen (secondary N) is 1. The van der Waals surface area contributed by atoms with E-state index in [9.17, 15) is 4.39 Å². The van der Waals surface area contributed by atoms with Gasteiger partial charge in [-0.1, -0.05) is 0 Å². The molecule has 0 aromatic carbocycles. The Morgan fingerprint density at radius 1 is 1.39 bits per heavy atom. The number of hydrogen-bond donors (Lipinski definition) is 2. The Labute approximate surface area is 108 Å². The molecule has 1 atom stereocenters. The number of nitrogen functional groups attached to an aromatic ring is 1. The van der Waals surface area contributed by atoms with Gasteiger partial charge in [0.05, 0.1) is 22.9 Å². The Bertz CT molecular complexity index is 569. The van der Waals surface area contributed by atoms with Gasteiger partial charge in [0.15, 0.2) is 11.6 Å². The third kappa shape index (κ3) is 2.56. The number of hydrogen-bond acceptors (Lipinski definition) is 6. The molecule has 0 aliphatic rings. The summed E-state index contributed by atoms with van der Waals surface area (Å²) in [5.41, 5.74) is 6.38. The Morgan fingerprint density at radius 2 is 2.11 bits per heavy atom. The van der Waals surface area contributed by atoms with Gasteiger partial charge in [-0.2, -0.15) is 4.98 Å². The van der Waals surface area contributed by atoms with E-state index in [0.717, 1.165) is 21.8 Å². The topological polar surface area (TPSA) is 76.7 Å². The zero-order chi connectivity index (χ0) is 13.3. The normalized spacial score (nSPS) is 12.4. The Balaban J connectivity index is 2.23. The number of halogens is 1. The zero-order valence-corrected chi connectivity index (χ0v) is 11.2. The van der Waals surface area contributed by atoms with Crippen LogP contribution < -0.4 is 11.1 Å². The third-order valence-corrected chi connectivity index (χ3v) is 3.70. The summed E-state index contributed by atoms with van der Waals surface area (Å²) in [5.74, 6) is -0.362. The predicted molar refractivity (Wildman–Crippen MR) is 70.0 cm³/mol. The largest absolute Gasteiger partial charge is 0.368 e. The SMILES string of the molecule is Cc1nc(C)c(C(C)Nc2nc(N)ncc2F)s1. The molecule has 0 aliphatic carbocycles. The average molecular weight is 267 g/mol. The van der Waals surface area contributed by atoms with Crippen molar-refractivity contribution in [1.29, 1.82) is 0 Å². The van der Waals surface area contributed by atoms with E-state index in [-0.39, 0.29) is 17.8 Å². The van der Waals surface area contributed by atoms with Gasteiger partial charge in [-0.05, 0) is 20.8 Å². The summed E-state index contributed by atoms with van der Waals surface area (Å²) in [6, 6.07) is -0.0833. The van der Waals surface area contributed by atoms with Crippen LogP contribution in [0.15, 0.2) is 6.20 Å². The zero-order valence-electron chi connectivity index (χ0n) is 10.4.